The Hall–Kier alpha value is -0.240. The van der Waals surface area contributed by atoms with Crippen molar-refractivity contribution in [2.75, 3.05) is 0 Å². The molecule has 1 atom stereocenters. The summed E-state index contributed by atoms with van der Waals surface area (Å²) in [4.78, 5) is 0. The van der Waals surface area contributed by atoms with Gasteiger partial charge in [0.1, 0.15) is 0 Å². The summed E-state index contributed by atoms with van der Waals surface area (Å²) in [5.41, 5.74) is -7.03. The predicted molar refractivity (Wildman–Crippen MR) is 55.0 cm³/mol. The molecule has 0 spiro atoms. The Morgan fingerprint density at radius 3 is 1.78 bits per heavy atom. The fourth-order valence-corrected chi connectivity index (χ4v) is 2.27. The summed E-state index contributed by atoms with van der Waals surface area (Å²) in [5, 5.41) is -1.26. The van der Waals surface area contributed by atoms with Crippen LogP contribution in [0.2, 0.25) is 0 Å². The van der Waals surface area contributed by atoms with Crippen LogP contribution in [0.4, 0.5) is 30.7 Å². The van der Waals surface area contributed by atoms with Crippen LogP contribution in [0.3, 0.4) is 0 Å². The first-order valence-electron chi connectivity index (χ1n) is 4.30. The van der Waals surface area contributed by atoms with Crippen molar-refractivity contribution in [3.8, 4) is 0 Å². The minimum atomic E-state index is -6.13. The summed E-state index contributed by atoms with van der Waals surface area (Å²) in [6.07, 6.45) is -10.4. The predicted octanol–water partition coefficient (Wildman–Crippen LogP) is 4.85. The second-order valence-electron chi connectivity index (χ2n) is 3.42. The summed E-state index contributed by atoms with van der Waals surface area (Å²) in [6.45, 7) is 0. The summed E-state index contributed by atoms with van der Waals surface area (Å²) >= 11 is 8.08. The third-order valence-electron chi connectivity index (χ3n) is 2.13. The van der Waals surface area contributed by atoms with E-state index in [1.165, 1.54) is 0 Å². The molecule has 18 heavy (non-hydrogen) atoms. The van der Waals surface area contributed by atoms with E-state index in [9.17, 15) is 30.7 Å². The molecular formula is C9H4BrClF7. The molecule has 0 aromatic rings. The Morgan fingerprint density at radius 2 is 1.44 bits per heavy atom. The van der Waals surface area contributed by atoms with Crippen LogP contribution in [0.5, 0.6) is 0 Å². The summed E-state index contributed by atoms with van der Waals surface area (Å²) in [6, 6.07) is 0. The average molecular weight is 360 g/mol. The molecule has 1 rings (SSSR count). The van der Waals surface area contributed by atoms with Gasteiger partial charge < -0.3 is 0 Å². The number of rotatable bonds is 1. The molecule has 1 unspecified atom stereocenters. The van der Waals surface area contributed by atoms with Crippen molar-refractivity contribution < 1.29 is 30.7 Å². The molecule has 0 amide bonds. The quantitative estimate of drug-likeness (QED) is 0.463. The molecule has 0 aromatic heterocycles. The normalized spacial score (nSPS) is 22.6. The van der Waals surface area contributed by atoms with E-state index >= 15 is 0 Å². The molecule has 0 saturated carbocycles. The molecule has 0 saturated heterocycles. The molecule has 1 aliphatic carbocycles. The molecule has 0 aliphatic heterocycles. The van der Waals surface area contributed by atoms with Crippen LogP contribution in [0.25, 0.3) is 0 Å². The zero-order valence-corrected chi connectivity index (χ0v) is 10.6. The van der Waals surface area contributed by atoms with Gasteiger partial charge in [-0.2, -0.15) is 26.3 Å². The highest BCUT2D eigenvalue weighted by atomic mass is 79.9. The second kappa shape index (κ2) is 4.70. The maximum atomic E-state index is 13.6. The Kier molecular flexibility index (Phi) is 4.13. The van der Waals surface area contributed by atoms with E-state index in [1.54, 1.807) is 0 Å². The highest BCUT2D eigenvalue weighted by Gasteiger charge is 2.74. The topological polar surface area (TPSA) is 0 Å². The van der Waals surface area contributed by atoms with Crippen LogP contribution in [-0.2, 0) is 0 Å². The van der Waals surface area contributed by atoms with Gasteiger partial charge in [-0.3, -0.25) is 0 Å². The van der Waals surface area contributed by atoms with Crippen LogP contribution >= 0.6 is 27.5 Å². The van der Waals surface area contributed by atoms with Gasteiger partial charge in [0.15, 0.2) is 0 Å². The Balaban J connectivity index is 3.39. The van der Waals surface area contributed by atoms with Crippen molar-refractivity contribution in [2.45, 2.75) is 23.4 Å². The van der Waals surface area contributed by atoms with Crippen molar-refractivity contribution in [3.63, 3.8) is 0 Å². The number of halogens is 9. The first-order valence-corrected chi connectivity index (χ1v) is 5.53. The molecule has 1 radical (unpaired) electrons. The van der Waals surface area contributed by atoms with Crippen molar-refractivity contribution in [2.24, 2.45) is 0 Å². The standard InChI is InChI=1S/C9H4BrClF7/c10-5-1-4(2-6(11)3-5)7(12,8(13,14)15)9(16,17)18/h1-3,6H. The van der Waals surface area contributed by atoms with Gasteiger partial charge >= 0.3 is 18.0 Å². The largest absolute Gasteiger partial charge is 0.435 e. The lowest BCUT2D eigenvalue weighted by atomic mass is 9.89. The van der Waals surface area contributed by atoms with Crippen LogP contribution in [0.15, 0.2) is 22.2 Å². The lowest BCUT2D eigenvalue weighted by Gasteiger charge is -2.32. The molecule has 0 bridgehead atoms. The van der Waals surface area contributed by atoms with Crippen LogP contribution in [0, 0.1) is 6.42 Å². The van der Waals surface area contributed by atoms with E-state index in [2.05, 4.69) is 15.9 Å². The number of alkyl halides is 8. The average Bonchev–Trinajstić information content (AvgIpc) is 2.11. The van der Waals surface area contributed by atoms with Gasteiger partial charge in [0.05, 0.1) is 5.38 Å². The molecule has 0 heterocycles. The first-order chi connectivity index (χ1) is 7.89. The van der Waals surface area contributed by atoms with Gasteiger partial charge in [0, 0.05) is 16.5 Å². The Labute approximate surface area is 111 Å². The number of allylic oxidation sites excluding steroid dienone is 4. The Bertz CT molecular complexity index is 379. The van der Waals surface area contributed by atoms with Gasteiger partial charge in [-0.15, -0.1) is 11.6 Å². The third-order valence-corrected chi connectivity index (χ3v) is 2.87. The van der Waals surface area contributed by atoms with E-state index in [-0.39, 0.29) is 4.48 Å². The zero-order chi connectivity index (χ0) is 14.4. The Morgan fingerprint density at radius 1 is 1.00 bits per heavy atom. The second-order valence-corrected chi connectivity index (χ2v) is 4.84. The van der Waals surface area contributed by atoms with E-state index in [4.69, 9.17) is 11.6 Å². The molecule has 0 N–H and O–H groups in total. The van der Waals surface area contributed by atoms with E-state index in [0.717, 1.165) is 6.42 Å². The summed E-state index contributed by atoms with van der Waals surface area (Å²) in [5.74, 6) is 0. The molecule has 9 heteroatoms. The minimum absolute atomic E-state index is 0.157. The van der Waals surface area contributed by atoms with Crippen molar-refractivity contribution in [1.82, 2.24) is 0 Å². The fourth-order valence-electron chi connectivity index (χ4n) is 1.32. The lowest BCUT2D eigenvalue weighted by molar-refractivity contribution is -0.325. The SMILES string of the molecule is FC(F)(F)C(F)(C1=CC(Cl)[CH]C(Br)=C1)C(F)(F)F. The molecule has 0 fully saturated rings. The molecule has 103 valence electrons. The van der Waals surface area contributed by atoms with E-state index < -0.39 is 29.0 Å². The van der Waals surface area contributed by atoms with Gasteiger partial charge in [-0.05, 0) is 6.08 Å². The van der Waals surface area contributed by atoms with Gasteiger partial charge in [0.25, 0.3) is 0 Å². The summed E-state index contributed by atoms with van der Waals surface area (Å²) in [7, 11) is 0. The molecule has 1 aliphatic rings. The van der Waals surface area contributed by atoms with Gasteiger partial charge in [-0.1, -0.05) is 22.0 Å². The van der Waals surface area contributed by atoms with Crippen LogP contribution in [0.1, 0.15) is 0 Å². The fraction of sp³-hybridized carbons (Fsp3) is 0.444. The third kappa shape index (κ3) is 2.68. The van der Waals surface area contributed by atoms with Crippen molar-refractivity contribution in [3.05, 3.63) is 28.6 Å². The summed E-state index contributed by atoms with van der Waals surface area (Å²) < 4.78 is 87.9. The highest BCUT2D eigenvalue weighted by molar-refractivity contribution is 9.11. The number of hydrogen-bond donors (Lipinski definition) is 0. The monoisotopic (exact) mass is 359 g/mol. The van der Waals surface area contributed by atoms with Crippen molar-refractivity contribution in [1.29, 1.82) is 0 Å². The first kappa shape index (κ1) is 15.8. The molecular weight excluding hydrogens is 356 g/mol. The van der Waals surface area contributed by atoms with Crippen LogP contribution < -0.4 is 0 Å². The van der Waals surface area contributed by atoms with Crippen LogP contribution in [-0.4, -0.2) is 23.4 Å². The van der Waals surface area contributed by atoms with E-state index in [0.29, 0.717) is 12.2 Å². The molecule has 0 nitrogen and oxygen atoms in total. The lowest BCUT2D eigenvalue weighted by Crippen LogP contribution is -2.54. The van der Waals surface area contributed by atoms with E-state index in [1.807, 2.05) is 0 Å². The maximum Gasteiger partial charge on any atom is 0.435 e. The smallest absolute Gasteiger partial charge is 0.218 e. The van der Waals surface area contributed by atoms with Crippen molar-refractivity contribution >= 4 is 27.5 Å². The maximum absolute atomic E-state index is 13.6. The minimum Gasteiger partial charge on any atom is -0.218 e. The van der Waals surface area contributed by atoms with Gasteiger partial charge in [0.2, 0.25) is 0 Å². The highest BCUT2D eigenvalue weighted by Crippen LogP contribution is 2.52. The molecule has 0 aromatic carbocycles. The van der Waals surface area contributed by atoms with Gasteiger partial charge in [-0.25, -0.2) is 4.39 Å². The number of hydrogen-bond acceptors (Lipinski definition) is 0. The zero-order valence-electron chi connectivity index (χ0n) is 8.21.